The summed E-state index contributed by atoms with van der Waals surface area (Å²) in [5.74, 6) is 0. The Bertz CT molecular complexity index is 475. The second-order valence-corrected chi connectivity index (χ2v) is 5.36. The lowest BCUT2D eigenvalue weighted by molar-refractivity contribution is -0.384. The van der Waals surface area contributed by atoms with Crippen LogP contribution in [0.2, 0.25) is 0 Å². The zero-order valence-electron chi connectivity index (χ0n) is 12.3. The number of nitrogens with zero attached hydrogens (tertiary/aromatic N) is 2. The van der Waals surface area contributed by atoms with Crippen molar-refractivity contribution in [3.8, 4) is 0 Å². The number of nitrogens with one attached hydrogen (secondary N) is 2. The molecular weight excluding hydrogens is 260 g/mol. The van der Waals surface area contributed by atoms with Gasteiger partial charge in [-0.3, -0.25) is 10.1 Å². The Hall–Kier alpha value is -1.86. The highest BCUT2D eigenvalue weighted by molar-refractivity contribution is 5.63. The molecule has 0 radical (unpaired) electrons. The van der Waals surface area contributed by atoms with Crippen LogP contribution in [0.3, 0.4) is 0 Å². The quantitative estimate of drug-likeness (QED) is 0.517. The summed E-state index contributed by atoms with van der Waals surface area (Å²) >= 11 is 0. The molecule has 1 atom stereocenters. The van der Waals surface area contributed by atoms with E-state index in [-0.39, 0.29) is 5.69 Å². The molecule has 1 rings (SSSR count). The zero-order chi connectivity index (χ0) is 15.3. The Morgan fingerprint density at radius 2 is 1.95 bits per heavy atom. The van der Waals surface area contributed by atoms with Crippen molar-refractivity contribution in [2.45, 2.75) is 12.5 Å². The van der Waals surface area contributed by atoms with Gasteiger partial charge in [0.25, 0.3) is 5.69 Å². The van der Waals surface area contributed by atoms with Crippen molar-refractivity contribution in [3.63, 3.8) is 0 Å². The molecule has 0 aromatic heterocycles. The Morgan fingerprint density at radius 1 is 1.35 bits per heavy atom. The molecule has 0 aliphatic heterocycles. The molecule has 112 valence electrons. The van der Waals surface area contributed by atoms with Gasteiger partial charge in [-0.05, 0) is 27.1 Å². The van der Waals surface area contributed by atoms with Crippen LogP contribution in [0.5, 0.6) is 0 Å². The third-order valence-electron chi connectivity index (χ3n) is 2.75. The third kappa shape index (κ3) is 5.02. The predicted molar refractivity (Wildman–Crippen MR) is 80.3 cm³/mol. The number of aliphatic hydroxyl groups is 1. The molecule has 0 bridgehead atoms. The summed E-state index contributed by atoms with van der Waals surface area (Å²) in [6.45, 7) is 2.51. The lowest BCUT2D eigenvalue weighted by Crippen LogP contribution is -2.43. The van der Waals surface area contributed by atoms with E-state index in [4.69, 9.17) is 0 Å². The van der Waals surface area contributed by atoms with Crippen LogP contribution < -0.4 is 10.6 Å². The van der Waals surface area contributed by atoms with E-state index in [0.29, 0.717) is 24.5 Å². The molecule has 0 saturated carbocycles. The van der Waals surface area contributed by atoms with Gasteiger partial charge in [-0.1, -0.05) is 0 Å². The largest absolute Gasteiger partial charge is 0.388 e. The van der Waals surface area contributed by atoms with E-state index in [2.05, 4.69) is 10.6 Å². The number of hydrogen-bond donors (Lipinski definition) is 3. The minimum Gasteiger partial charge on any atom is -0.388 e. The molecule has 0 fully saturated rings. The van der Waals surface area contributed by atoms with Crippen LogP contribution in [0.1, 0.15) is 6.92 Å². The maximum Gasteiger partial charge on any atom is 0.273 e. The molecule has 0 amide bonds. The van der Waals surface area contributed by atoms with Crippen LogP contribution >= 0.6 is 0 Å². The third-order valence-corrected chi connectivity index (χ3v) is 2.75. The fourth-order valence-corrected chi connectivity index (χ4v) is 1.99. The maximum atomic E-state index is 10.9. The van der Waals surface area contributed by atoms with E-state index in [9.17, 15) is 15.2 Å². The number of hydrogen-bond acceptors (Lipinski definition) is 6. The Labute approximate surface area is 118 Å². The summed E-state index contributed by atoms with van der Waals surface area (Å²) in [5.41, 5.74) is 0.330. The van der Waals surface area contributed by atoms with Crippen molar-refractivity contribution in [2.75, 3.05) is 44.9 Å². The number of anilines is 2. The van der Waals surface area contributed by atoms with Crippen LogP contribution in [-0.4, -0.2) is 54.8 Å². The summed E-state index contributed by atoms with van der Waals surface area (Å²) in [5, 5.41) is 27.0. The molecule has 0 heterocycles. The molecule has 0 aliphatic carbocycles. The van der Waals surface area contributed by atoms with Crippen molar-refractivity contribution < 1.29 is 10.0 Å². The average Bonchev–Trinajstić information content (AvgIpc) is 2.34. The van der Waals surface area contributed by atoms with Crippen molar-refractivity contribution in [2.24, 2.45) is 0 Å². The van der Waals surface area contributed by atoms with Crippen molar-refractivity contribution in [3.05, 3.63) is 28.3 Å². The minimum atomic E-state index is -0.923. The Kier molecular flexibility index (Phi) is 5.29. The number of non-ortho nitro benzene ring substituents is 1. The number of rotatable bonds is 7. The van der Waals surface area contributed by atoms with Gasteiger partial charge in [0.2, 0.25) is 0 Å². The van der Waals surface area contributed by atoms with Gasteiger partial charge in [0, 0.05) is 43.6 Å². The standard InChI is InChI=1S/C13H22N4O3/c1-13(18,9-16(3)4)8-15-11-5-10(14-2)6-12(7-11)17(19)20/h5-7,14-15,18H,8-9H2,1-4H3. The Morgan fingerprint density at radius 3 is 2.45 bits per heavy atom. The van der Waals surface area contributed by atoms with Gasteiger partial charge in [0.15, 0.2) is 0 Å². The van der Waals surface area contributed by atoms with E-state index >= 15 is 0 Å². The van der Waals surface area contributed by atoms with Gasteiger partial charge in [-0.15, -0.1) is 0 Å². The van der Waals surface area contributed by atoms with E-state index in [1.807, 2.05) is 19.0 Å². The minimum absolute atomic E-state index is 0.00611. The predicted octanol–water partition coefficient (Wildman–Crippen LogP) is 1.36. The molecule has 7 nitrogen and oxygen atoms in total. The molecule has 7 heteroatoms. The summed E-state index contributed by atoms with van der Waals surface area (Å²) in [6.07, 6.45) is 0. The van der Waals surface area contributed by atoms with Crippen LogP contribution in [0.15, 0.2) is 18.2 Å². The zero-order valence-corrected chi connectivity index (χ0v) is 12.3. The fraction of sp³-hybridized carbons (Fsp3) is 0.538. The van der Waals surface area contributed by atoms with Gasteiger partial charge in [0.1, 0.15) is 0 Å². The van der Waals surface area contributed by atoms with E-state index < -0.39 is 10.5 Å². The number of nitro groups is 1. The SMILES string of the molecule is CNc1cc(NCC(C)(O)CN(C)C)cc([N+](=O)[O-])c1. The highest BCUT2D eigenvalue weighted by Crippen LogP contribution is 2.24. The normalized spacial score (nSPS) is 13.9. The van der Waals surface area contributed by atoms with Gasteiger partial charge >= 0.3 is 0 Å². The van der Waals surface area contributed by atoms with E-state index in [1.165, 1.54) is 12.1 Å². The van der Waals surface area contributed by atoms with E-state index in [0.717, 1.165) is 0 Å². The molecule has 0 aliphatic rings. The monoisotopic (exact) mass is 282 g/mol. The molecular formula is C13H22N4O3. The summed E-state index contributed by atoms with van der Waals surface area (Å²) in [6, 6.07) is 4.68. The van der Waals surface area contributed by atoms with Gasteiger partial charge in [0.05, 0.1) is 10.5 Å². The van der Waals surface area contributed by atoms with Crippen molar-refractivity contribution >= 4 is 17.1 Å². The first-order valence-corrected chi connectivity index (χ1v) is 6.32. The van der Waals surface area contributed by atoms with Gasteiger partial charge < -0.3 is 20.6 Å². The molecule has 1 aromatic rings. The first-order chi connectivity index (χ1) is 9.23. The fourth-order valence-electron chi connectivity index (χ4n) is 1.99. The number of benzene rings is 1. The van der Waals surface area contributed by atoms with Crippen molar-refractivity contribution in [1.82, 2.24) is 4.90 Å². The number of likely N-dealkylation sites (N-methyl/N-ethyl adjacent to an activating group) is 1. The highest BCUT2D eigenvalue weighted by Gasteiger charge is 2.21. The smallest absolute Gasteiger partial charge is 0.273 e. The van der Waals surface area contributed by atoms with Crippen LogP contribution in [0, 0.1) is 10.1 Å². The second kappa shape index (κ2) is 6.53. The van der Waals surface area contributed by atoms with Crippen molar-refractivity contribution in [1.29, 1.82) is 0 Å². The molecule has 20 heavy (non-hydrogen) atoms. The summed E-state index contributed by atoms with van der Waals surface area (Å²) < 4.78 is 0. The first kappa shape index (κ1) is 16.2. The van der Waals surface area contributed by atoms with E-state index in [1.54, 1.807) is 20.0 Å². The lowest BCUT2D eigenvalue weighted by atomic mass is 10.1. The number of nitro benzene ring substituents is 1. The van der Waals surface area contributed by atoms with Crippen LogP contribution in [0.25, 0.3) is 0 Å². The lowest BCUT2D eigenvalue weighted by Gasteiger charge is -2.27. The van der Waals surface area contributed by atoms with Crippen LogP contribution in [0.4, 0.5) is 17.1 Å². The molecule has 1 aromatic carbocycles. The highest BCUT2D eigenvalue weighted by atomic mass is 16.6. The summed E-state index contributed by atoms with van der Waals surface area (Å²) in [7, 11) is 5.45. The molecule has 1 unspecified atom stereocenters. The van der Waals surface area contributed by atoms with Crippen LogP contribution in [-0.2, 0) is 0 Å². The first-order valence-electron chi connectivity index (χ1n) is 6.32. The molecule has 0 saturated heterocycles. The maximum absolute atomic E-state index is 10.9. The topological polar surface area (TPSA) is 90.7 Å². The average molecular weight is 282 g/mol. The Balaban J connectivity index is 2.82. The second-order valence-electron chi connectivity index (χ2n) is 5.36. The summed E-state index contributed by atoms with van der Waals surface area (Å²) in [4.78, 5) is 12.3. The van der Waals surface area contributed by atoms with Gasteiger partial charge in [-0.2, -0.15) is 0 Å². The van der Waals surface area contributed by atoms with Gasteiger partial charge in [-0.25, -0.2) is 0 Å². The molecule has 3 N–H and O–H groups in total. The molecule has 0 spiro atoms.